The lowest BCUT2D eigenvalue weighted by molar-refractivity contribution is 0.592. The molecule has 0 spiro atoms. The largest absolute Gasteiger partial charge is 0.307 e. The van der Waals surface area contributed by atoms with Gasteiger partial charge >= 0.3 is 0 Å². The molecule has 20 heavy (non-hydrogen) atoms. The van der Waals surface area contributed by atoms with Gasteiger partial charge in [0.2, 0.25) is 0 Å². The summed E-state index contributed by atoms with van der Waals surface area (Å²) in [6, 6.07) is 9.21. The number of halogens is 3. The van der Waals surface area contributed by atoms with Crippen LogP contribution in [-0.2, 0) is 0 Å². The molecule has 1 atom stereocenters. The molecule has 0 bridgehead atoms. The Bertz CT molecular complexity index is 593. The van der Waals surface area contributed by atoms with Crippen LogP contribution in [0.2, 0.25) is 5.02 Å². The predicted octanol–water partition coefficient (Wildman–Crippen LogP) is 4.63. The number of rotatable bonds is 4. The van der Waals surface area contributed by atoms with Gasteiger partial charge in [0.05, 0.1) is 11.1 Å². The third-order valence-electron chi connectivity index (χ3n) is 3.08. The van der Waals surface area contributed by atoms with Gasteiger partial charge in [-0.15, -0.1) is 0 Å². The van der Waals surface area contributed by atoms with Gasteiger partial charge in [0.25, 0.3) is 0 Å². The quantitative estimate of drug-likeness (QED) is 0.867. The fraction of sp³-hybridized carbons (Fsp3) is 0.250. The molecular weight excluding hydrogens is 280 g/mol. The Morgan fingerprint density at radius 2 is 1.85 bits per heavy atom. The number of aryl methyl sites for hydroxylation is 1. The SMILES string of the molecule is CCNC(c1cc(C)cc(F)c1)c1ccc(Cl)c(F)c1. The molecule has 0 saturated carbocycles. The van der Waals surface area contributed by atoms with E-state index in [4.69, 9.17) is 11.6 Å². The topological polar surface area (TPSA) is 12.0 Å². The Morgan fingerprint density at radius 1 is 1.10 bits per heavy atom. The van der Waals surface area contributed by atoms with Gasteiger partial charge in [0.15, 0.2) is 0 Å². The van der Waals surface area contributed by atoms with Gasteiger partial charge in [0, 0.05) is 0 Å². The minimum absolute atomic E-state index is 0.0828. The second-order valence-corrected chi connectivity index (χ2v) is 5.13. The van der Waals surface area contributed by atoms with Crippen molar-refractivity contribution in [1.82, 2.24) is 5.32 Å². The lowest BCUT2D eigenvalue weighted by Crippen LogP contribution is -2.22. The van der Waals surface area contributed by atoms with Crippen molar-refractivity contribution in [2.24, 2.45) is 0 Å². The van der Waals surface area contributed by atoms with Gasteiger partial charge in [-0.1, -0.05) is 30.7 Å². The smallest absolute Gasteiger partial charge is 0.142 e. The van der Waals surface area contributed by atoms with Gasteiger partial charge in [-0.05, 0) is 54.4 Å². The highest BCUT2D eigenvalue weighted by atomic mass is 35.5. The highest BCUT2D eigenvalue weighted by Crippen LogP contribution is 2.26. The van der Waals surface area contributed by atoms with Crippen LogP contribution in [-0.4, -0.2) is 6.54 Å². The number of hydrogen-bond acceptors (Lipinski definition) is 1. The van der Waals surface area contributed by atoms with E-state index in [9.17, 15) is 8.78 Å². The highest BCUT2D eigenvalue weighted by Gasteiger charge is 2.15. The fourth-order valence-corrected chi connectivity index (χ4v) is 2.37. The van der Waals surface area contributed by atoms with Crippen molar-refractivity contribution in [2.75, 3.05) is 6.54 Å². The Kier molecular flexibility index (Phi) is 4.73. The molecule has 1 unspecified atom stereocenters. The average molecular weight is 296 g/mol. The zero-order chi connectivity index (χ0) is 14.7. The molecule has 0 aliphatic carbocycles. The third kappa shape index (κ3) is 3.35. The highest BCUT2D eigenvalue weighted by molar-refractivity contribution is 6.30. The molecule has 0 heterocycles. The second kappa shape index (κ2) is 6.33. The summed E-state index contributed by atoms with van der Waals surface area (Å²) in [7, 11) is 0. The summed E-state index contributed by atoms with van der Waals surface area (Å²) < 4.78 is 27.2. The summed E-state index contributed by atoms with van der Waals surface area (Å²) in [6.07, 6.45) is 0. The summed E-state index contributed by atoms with van der Waals surface area (Å²) in [4.78, 5) is 0. The van der Waals surface area contributed by atoms with Crippen molar-refractivity contribution in [3.63, 3.8) is 0 Å². The van der Waals surface area contributed by atoms with Crippen molar-refractivity contribution >= 4 is 11.6 Å². The Morgan fingerprint density at radius 3 is 2.45 bits per heavy atom. The molecule has 0 saturated heterocycles. The van der Waals surface area contributed by atoms with E-state index in [0.717, 1.165) is 16.7 Å². The van der Waals surface area contributed by atoms with E-state index in [0.29, 0.717) is 6.54 Å². The maximum Gasteiger partial charge on any atom is 0.142 e. The number of benzene rings is 2. The minimum atomic E-state index is -0.472. The molecule has 2 aromatic carbocycles. The molecule has 0 aliphatic rings. The first kappa shape index (κ1) is 14.9. The predicted molar refractivity (Wildman–Crippen MR) is 78.1 cm³/mol. The van der Waals surface area contributed by atoms with Gasteiger partial charge in [-0.25, -0.2) is 8.78 Å². The standard InChI is InChI=1S/C16H16ClF2N/c1-3-20-16(11-4-5-14(17)15(19)9-11)12-6-10(2)7-13(18)8-12/h4-9,16,20H,3H2,1-2H3. The molecule has 0 radical (unpaired) electrons. The summed E-state index contributed by atoms with van der Waals surface area (Å²) in [5, 5.41) is 3.32. The summed E-state index contributed by atoms with van der Waals surface area (Å²) in [5.74, 6) is -0.766. The molecule has 2 rings (SSSR count). The number of nitrogens with one attached hydrogen (secondary N) is 1. The van der Waals surface area contributed by atoms with Crippen LogP contribution in [0, 0.1) is 18.6 Å². The van der Waals surface area contributed by atoms with Crippen molar-refractivity contribution in [2.45, 2.75) is 19.9 Å². The van der Waals surface area contributed by atoms with E-state index in [1.807, 2.05) is 19.9 Å². The lowest BCUT2D eigenvalue weighted by Gasteiger charge is -2.20. The molecule has 2 aromatic rings. The van der Waals surface area contributed by atoms with Crippen LogP contribution >= 0.6 is 11.6 Å². The van der Waals surface area contributed by atoms with E-state index < -0.39 is 5.82 Å². The monoisotopic (exact) mass is 295 g/mol. The Balaban J connectivity index is 2.46. The van der Waals surface area contributed by atoms with E-state index in [1.165, 1.54) is 24.3 Å². The van der Waals surface area contributed by atoms with E-state index in [2.05, 4.69) is 5.32 Å². The summed E-state index contributed by atoms with van der Waals surface area (Å²) in [5.41, 5.74) is 2.32. The molecule has 4 heteroatoms. The molecule has 1 N–H and O–H groups in total. The minimum Gasteiger partial charge on any atom is -0.307 e. The van der Waals surface area contributed by atoms with Crippen molar-refractivity contribution in [3.8, 4) is 0 Å². The zero-order valence-electron chi connectivity index (χ0n) is 11.4. The van der Waals surface area contributed by atoms with E-state index >= 15 is 0 Å². The van der Waals surface area contributed by atoms with E-state index in [1.54, 1.807) is 6.07 Å². The van der Waals surface area contributed by atoms with Crippen molar-refractivity contribution < 1.29 is 8.78 Å². The van der Waals surface area contributed by atoms with Crippen LogP contribution in [0.1, 0.15) is 29.7 Å². The molecule has 0 aromatic heterocycles. The molecular formula is C16H16ClF2N. The van der Waals surface area contributed by atoms with Crippen LogP contribution in [0.3, 0.4) is 0 Å². The van der Waals surface area contributed by atoms with Crippen LogP contribution in [0.15, 0.2) is 36.4 Å². The van der Waals surface area contributed by atoms with Gasteiger partial charge in [0.1, 0.15) is 11.6 Å². The first-order valence-electron chi connectivity index (χ1n) is 6.46. The van der Waals surface area contributed by atoms with Crippen molar-refractivity contribution in [1.29, 1.82) is 0 Å². The first-order chi connectivity index (χ1) is 9.51. The Hall–Kier alpha value is -1.45. The molecule has 1 nitrogen and oxygen atoms in total. The Labute approximate surface area is 122 Å². The normalized spacial score (nSPS) is 12.4. The number of hydrogen-bond donors (Lipinski definition) is 1. The zero-order valence-corrected chi connectivity index (χ0v) is 12.1. The average Bonchev–Trinajstić information content (AvgIpc) is 2.38. The first-order valence-corrected chi connectivity index (χ1v) is 6.84. The molecule has 0 aliphatic heterocycles. The van der Waals surface area contributed by atoms with Crippen LogP contribution in [0.4, 0.5) is 8.78 Å². The fourth-order valence-electron chi connectivity index (χ4n) is 2.26. The molecule has 0 fully saturated rings. The maximum absolute atomic E-state index is 13.6. The van der Waals surface area contributed by atoms with Crippen LogP contribution in [0.5, 0.6) is 0 Å². The summed E-state index contributed by atoms with van der Waals surface area (Å²) >= 11 is 5.70. The molecule has 0 amide bonds. The molecule has 106 valence electrons. The second-order valence-electron chi connectivity index (χ2n) is 4.73. The maximum atomic E-state index is 13.6. The van der Waals surface area contributed by atoms with Gasteiger partial charge in [-0.3, -0.25) is 0 Å². The van der Waals surface area contributed by atoms with Crippen LogP contribution < -0.4 is 5.32 Å². The summed E-state index contributed by atoms with van der Waals surface area (Å²) in [6.45, 7) is 4.47. The third-order valence-corrected chi connectivity index (χ3v) is 3.39. The van der Waals surface area contributed by atoms with Gasteiger partial charge in [-0.2, -0.15) is 0 Å². The van der Waals surface area contributed by atoms with E-state index in [-0.39, 0.29) is 16.9 Å². The van der Waals surface area contributed by atoms with Crippen molar-refractivity contribution in [3.05, 3.63) is 69.7 Å². The lowest BCUT2D eigenvalue weighted by atomic mass is 9.97. The van der Waals surface area contributed by atoms with Crippen LogP contribution in [0.25, 0.3) is 0 Å². The van der Waals surface area contributed by atoms with Gasteiger partial charge < -0.3 is 5.32 Å².